The number of nitrogens with one attached hydrogen (secondary N) is 2. The highest BCUT2D eigenvalue weighted by atomic mass is 35.5. The van der Waals surface area contributed by atoms with Crippen LogP contribution in [0, 0.1) is 13.8 Å². The Morgan fingerprint density at radius 1 is 1.12 bits per heavy atom. The summed E-state index contributed by atoms with van der Waals surface area (Å²) in [5, 5.41) is 6.00. The van der Waals surface area contributed by atoms with Crippen LogP contribution in [-0.4, -0.2) is 31.7 Å². The zero-order chi connectivity index (χ0) is 16.9. The molecule has 1 aliphatic rings. The smallest absolute Gasteiger partial charge is 0.254 e. The number of rotatable bonds is 4. The largest absolute Gasteiger partial charge is 0.457 e. The van der Waals surface area contributed by atoms with E-state index in [1.54, 1.807) is 0 Å². The van der Waals surface area contributed by atoms with Crippen molar-refractivity contribution < 1.29 is 14.3 Å². The first-order chi connectivity index (χ1) is 11.6. The van der Waals surface area contributed by atoms with Gasteiger partial charge in [0.15, 0.2) is 0 Å². The molecule has 1 aliphatic heterocycles. The fourth-order valence-corrected chi connectivity index (χ4v) is 2.69. The molecular formula is C19H23ClN2O3. The van der Waals surface area contributed by atoms with Crippen molar-refractivity contribution in [3.8, 4) is 11.5 Å². The van der Waals surface area contributed by atoms with E-state index in [4.69, 9.17) is 9.47 Å². The lowest BCUT2D eigenvalue weighted by atomic mass is 10.1. The van der Waals surface area contributed by atoms with Gasteiger partial charge in [-0.3, -0.25) is 4.79 Å². The molecule has 2 N–H and O–H groups in total. The lowest BCUT2D eigenvalue weighted by molar-refractivity contribution is -0.128. The average Bonchev–Trinajstić information content (AvgIpc) is 2.56. The van der Waals surface area contributed by atoms with E-state index in [2.05, 4.69) is 16.7 Å². The lowest BCUT2D eigenvalue weighted by Gasteiger charge is -2.22. The predicted molar refractivity (Wildman–Crippen MR) is 101 cm³/mol. The van der Waals surface area contributed by atoms with Crippen molar-refractivity contribution >= 4 is 24.0 Å². The van der Waals surface area contributed by atoms with Crippen molar-refractivity contribution in [3.63, 3.8) is 0 Å². The van der Waals surface area contributed by atoms with Crippen LogP contribution in [0.1, 0.15) is 11.1 Å². The van der Waals surface area contributed by atoms with Crippen LogP contribution in [0.4, 0.5) is 5.69 Å². The first kappa shape index (κ1) is 19.2. The van der Waals surface area contributed by atoms with Gasteiger partial charge in [-0.15, -0.1) is 12.4 Å². The van der Waals surface area contributed by atoms with Crippen LogP contribution >= 0.6 is 12.4 Å². The van der Waals surface area contributed by atoms with E-state index < -0.39 is 6.10 Å². The Balaban J connectivity index is 0.00000225. The summed E-state index contributed by atoms with van der Waals surface area (Å²) in [6.07, 6.45) is -0.440. The van der Waals surface area contributed by atoms with E-state index in [0.29, 0.717) is 13.2 Å². The maximum Gasteiger partial charge on any atom is 0.254 e. The summed E-state index contributed by atoms with van der Waals surface area (Å²) in [5.74, 6) is 1.41. The van der Waals surface area contributed by atoms with Crippen LogP contribution in [0.25, 0.3) is 0 Å². The monoisotopic (exact) mass is 362 g/mol. The minimum atomic E-state index is -0.440. The Morgan fingerprint density at radius 3 is 2.40 bits per heavy atom. The maximum atomic E-state index is 12.1. The van der Waals surface area contributed by atoms with Crippen molar-refractivity contribution in [2.45, 2.75) is 20.0 Å². The molecule has 0 aliphatic carbocycles. The zero-order valence-corrected chi connectivity index (χ0v) is 15.2. The third-order valence-corrected chi connectivity index (χ3v) is 3.77. The number of morpholine rings is 1. The van der Waals surface area contributed by atoms with Crippen LogP contribution in [0.15, 0.2) is 42.5 Å². The van der Waals surface area contributed by atoms with E-state index in [9.17, 15) is 4.79 Å². The number of carbonyl (C=O) groups excluding carboxylic acids is 1. The molecule has 1 heterocycles. The van der Waals surface area contributed by atoms with Crippen molar-refractivity contribution in [2.75, 3.05) is 25.0 Å². The highest BCUT2D eigenvalue weighted by molar-refractivity contribution is 5.94. The van der Waals surface area contributed by atoms with E-state index >= 15 is 0 Å². The molecule has 1 amide bonds. The number of anilines is 1. The normalized spacial score (nSPS) is 16.6. The fourth-order valence-electron chi connectivity index (χ4n) is 2.69. The first-order valence-corrected chi connectivity index (χ1v) is 8.09. The number of ether oxygens (including phenoxy) is 2. The van der Waals surface area contributed by atoms with Gasteiger partial charge in [0, 0.05) is 18.8 Å². The molecule has 0 saturated carbocycles. The summed E-state index contributed by atoms with van der Waals surface area (Å²) >= 11 is 0. The quantitative estimate of drug-likeness (QED) is 0.874. The van der Waals surface area contributed by atoms with Crippen LogP contribution in [0.5, 0.6) is 11.5 Å². The second-order valence-electron chi connectivity index (χ2n) is 6.00. The minimum Gasteiger partial charge on any atom is -0.457 e. The molecule has 0 bridgehead atoms. The maximum absolute atomic E-state index is 12.1. The Morgan fingerprint density at radius 2 is 1.80 bits per heavy atom. The van der Waals surface area contributed by atoms with E-state index in [0.717, 1.165) is 34.9 Å². The van der Waals surface area contributed by atoms with Gasteiger partial charge in [-0.05, 0) is 61.4 Å². The van der Waals surface area contributed by atoms with Crippen LogP contribution in [-0.2, 0) is 9.53 Å². The van der Waals surface area contributed by atoms with Crippen LogP contribution in [0.3, 0.4) is 0 Å². The molecule has 2 aromatic carbocycles. The number of halogens is 1. The Kier molecular flexibility index (Phi) is 6.82. The van der Waals surface area contributed by atoms with Gasteiger partial charge in [0.05, 0.1) is 6.61 Å². The second-order valence-corrected chi connectivity index (χ2v) is 6.00. The molecule has 1 atom stereocenters. The summed E-state index contributed by atoms with van der Waals surface area (Å²) in [7, 11) is 0. The van der Waals surface area contributed by atoms with Gasteiger partial charge >= 0.3 is 0 Å². The van der Waals surface area contributed by atoms with Crippen molar-refractivity contribution in [1.29, 1.82) is 0 Å². The summed E-state index contributed by atoms with van der Waals surface area (Å²) in [6.45, 7) is 5.97. The van der Waals surface area contributed by atoms with Gasteiger partial charge in [0.1, 0.15) is 17.6 Å². The predicted octanol–water partition coefficient (Wildman–Crippen LogP) is 3.44. The van der Waals surface area contributed by atoms with Crippen LogP contribution in [0.2, 0.25) is 0 Å². The Hall–Kier alpha value is -2.08. The molecule has 0 radical (unpaired) electrons. The molecule has 6 heteroatoms. The number of benzene rings is 2. The highest BCUT2D eigenvalue weighted by Gasteiger charge is 2.21. The Labute approximate surface area is 154 Å². The molecule has 0 spiro atoms. The number of amides is 1. The first-order valence-electron chi connectivity index (χ1n) is 8.09. The highest BCUT2D eigenvalue weighted by Crippen LogP contribution is 2.25. The van der Waals surface area contributed by atoms with E-state index in [-0.39, 0.29) is 18.3 Å². The van der Waals surface area contributed by atoms with Gasteiger partial charge in [-0.1, -0.05) is 6.07 Å². The molecule has 0 aromatic heterocycles. The number of hydrogen-bond acceptors (Lipinski definition) is 4. The molecular weight excluding hydrogens is 340 g/mol. The molecule has 5 nitrogen and oxygen atoms in total. The molecule has 134 valence electrons. The topological polar surface area (TPSA) is 59.6 Å². The number of carbonyl (C=O) groups is 1. The SMILES string of the molecule is Cc1cc(C)cc(Oc2ccc(NC(=O)C3CNCCO3)cc2)c1.Cl. The van der Waals surface area contributed by atoms with E-state index in [1.165, 1.54) is 0 Å². The molecule has 3 rings (SSSR count). The third-order valence-electron chi connectivity index (χ3n) is 3.77. The van der Waals surface area contributed by atoms with Gasteiger partial charge in [0.25, 0.3) is 5.91 Å². The Bertz CT molecular complexity index is 693. The van der Waals surface area contributed by atoms with Crippen molar-refractivity contribution in [3.05, 3.63) is 53.6 Å². The summed E-state index contributed by atoms with van der Waals surface area (Å²) in [5.41, 5.74) is 3.05. The third kappa shape index (κ3) is 5.46. The van der Waals surface area contributed by atoms with Crippen LogP contribution < -0.4 is 15.4 Å². The number of aryl methyl sites for hydroxylation is 2. The van der Waals surface area contributed by atoms with Gasteiger partial charge in [-0.2, -0.15) is 0 Å². The molecule has 2 aromatic rings. The van der Waals surface area contributed by atoms with Gasteiger partial charge in [-0.25, -0.2) is 0 Å². The average molecular weight is 363 g/mol. The summed E-state index contributed by atoms with van der Waals surface area (Å²) in [6, 6.07) is 13.4. The van der Waals surface area contributed by atoms with E-state index in [1.807, 2.05) is 50.2 Å². The second kappa shape index (κ2) is 8.85. The van der Waals surface area contributed by atoms with Gasteiger partial charge < -0.3 is 20.1 Å². The molecule has 25 heavy (non-hydrogen) atoms. The summed E-state index contributed by atoms with van der Waals surface area (Å²) in [4.78, 5) is 12.1. The standard InChI is InChI=1S/C19H22N2O3.ClH/c1-13-9-14(2)11-17(10-13)24-16-5-3-15(4-6-16)21-19(22)18-12-20-7-8-23-18;/h3-6,9-11,18,20H,7-8,12H2,1-2H3,(H,21,22);1H. The summed E-state index contributed by atoms with van der Waals surface area (Å²) < 4.78 is 11.3. The van der Waals surface area contributed by atoms with Crippen molar-refractivity contribution in [1.82, 2.24) is 5.32 Å². The lowest BCUT2D eigenvalue weighted by Crippen LogP contribution is -2.45. The molecule has 1 saturated heterocycles. The fraction of sp³-hybridized carbons (Fsp3) is 0.316. The molecule has 1 unspecified atom stereocenters. The zero-order valence-electron chi connectivity index (χ0n) is 14.4. The van der Waals surface area contributed by atoms with Gasteiger partial charge in [0.2, 0.25) is 0 Å². The molecule has 1 fully saturated rings. The number of hydrogen-bond donors (Lipinski definition) is 2. The van der Waals surface area contributed by atoms with Crippen molar-refractivity contribution in [2.24, 2.45) is 0 Å². The minimum absolute atomic E-state index is 0.